The van der Waals surface area contributed by atoms with Gasteiger partial charge in [0.05, 0.1) is 12.8 Å². The van der Waals surface area contributed by atoms with Crippen LogP contribution in [0.3, 0.4) is 0 Å². The van der Waals surface area contributed by atoms with E-state index < -0.39 is 18.0 Å². The number of benzene rings is 1. The van der Waals surface area contributed by atoms with Crippen molar-refractivity contribution in [1.29, 1.82) is 0 Å². The number of aromatic nitrogens is 1. The van der Waals surface area contributed by atoms with E-state index >= 15 is 0 Å². The van der Waals surface area contributed by atoms with Crippen molar-refractivity contribution in [2.75, 3.05) is 13.7 Å². The molecule has 25 heavy (non-hydrogen) atoms. The molecule has 0 spiro atoms. The smallest absolute Gasteiger partial charge is 0.433 e. The molecule has 0 fully saturated rings. The zero-order chi connectivity index (χ0) is 18.4. The molecule has 1 heterocycles. The average molecular weight is 354 g/mol. The third-order valence-corrected chi connectivity index (χ3v) is 3.76. The fraction of sp³-hybridized carbons (Fsp3) is 0.389. The summed E-state index contributed by atoms with van der Waals surface area (Å²) in [4.78, 5) is 3.50. The Balaban J connectivity index is 1.89. The molecule has 1 aromatic heterocycles. The van der Waals surface area contributed by atoms with Gasteiger partial charge in [-0.2, -0.15) is 13.2 Å². The second-order valence-corrected chi connectivity index (χ2v) is 5.82. The normalized spacial score (nSPS) is 14.2. The van der Waals surface area contributed by atoms with Gasteiger partial charge in [0, 0.05) is 12.6 Å². The number of nitrogens with one attached hydrogen (secondary N) is 1. The largest absolute Gasteiger partial charge is 0.497 e. The molecule has 1 aromatic carbocycles. The summed E-state index contributed by atoms with van der Waals surface area (Å²) in [5.41, 5.74) is 0.0850. The molecule has 0 aliphatic rings. The van der Waals surface area contributed by atoms with Crippen LogP contribution in [-0.2, 0) is 12.6 Å². The van der Waals surface area contributed by atoms with Crippen molar-refractivity contribution in [2.24, 2.45) is 0 Å². The standard InChI is InChI=1S/C18H21F3N2O2/c1-12(10-13-6-8-14(25-2)9-7-13)22-11-16(24)15-4-3-5-17(23-15)18(19,20)21/h3-9,12,16,22,24H,10-11H2,1-2H3/t12-,16-/m1/s1. The number of aliphatic hydroxyl groups is 1. The van der Waals surface area contributed by atoms with Gasteiger partial charge in [-0.05, 0) is 43.2 Å². The number of aliphatic hydroxyl groups excluding tert-OH is 1. The van der Waals surface area contributed by atoms with Gasteiger partial charge in [-0.3, -0.25) is 0 Å². The highest BCUT2D eigenvalue weighted by molar-refractivity contribution is 5.27. The molecule has 0 amide bonds. The monoisotopic (exact) mass is 354 g/mol. The Morgan fingerprint density at radius 2 is 1.84 bits per heavy atom. The van der Waals surface area contributed by atoms with Gasteiger partial charge in [0.25, 0.3) is 0 Å². The maximum atomic E-state index is 12.7. The van der Waals surface area contributed by atoms with Crippen LogP contribution >= 0.6 is 0 Å². The molecule has 136 valence electrons. The van der Waals surface area contributed by atoms with Crippen molar-refractivity contribution in [3.63, 3.8) is 0 Å². The van der Waals surface area contributed by atoms with E-state index in [-0.39, 0.29) is 18.3 Å². The highest BCUT2D eigenvalue weighted by Crippen LogP contribution is 2.28. The Morgan fingerprint density at radius 1 is 1.16 bits per heavy atom. The Bertz CT molecular complexity index is 675. The van der Waals surface area contributed by atoms with E-state index in [1.807, 2.05) is 31.2 Å². The minimum atomic E-state index is -4.52. The first-order valence-electron chi connectivity index (χ1n) is 7.88. The van der Waals surface area contributed by atoms with Crippen molar-refractivity contribution in [1.82, 2.24) is 10.3 Å². The van der Waals surface area contributed by atoms with E-state index in [0.717, 1.165) is 17.4 Å². The second kappa shape index (κ2) is 8.31. The second-order valence-electron chi connectivity index (χ2n) is 5.82. The minimum Gasteiger partial charge on any atom is -0.497 e. The molecule has 0 bridgehead atoms. The van der Waals surface area contributed by atoms with E-state index in [9.17, 15) is 18.3 Å². The van der Waals surface area contributed by atoms with Gasteiger partial charge in [0.1, 0.15) is 17.5 Å². The van der Waals surface area contributed by atoms with Crippen LogP contribution in [0.15, 0.2) is 42.5 Å². The van der Waals surface area contributed by atoms with E-state index in [1.54, 1.807) is 7.11 Å². The highest BCUT2D eigenvalue weighted by Gasteiger charge is 2.32. The van der Waals surface area contributed by atoms with Gasteiger partial charge in [0.15, 0.2) is 0 Å². The van der Waals surface area contributed by atoms with Gasteiger partial charge in [-0.1, -0.05) is 18.2 Å². The molecule has 0 unspecified atom stereocenters. The zero-order valence-corrected chi connectivity index (χ0v) is 14.0. The van der Waals surface area contributed by atoms with Crippen molar-refractivity contribution >= 4 is 0 Å². The number of rotatable bonds is 7. The lowest BCUT2D eigenvalue weighted by atomic mass is 10.1. The third-order valence-electron chi connectivity index (χ3n) is 3.76. The summed E-state index contributed by atoms with van der Waals surface area (Å²) in [5.74, 6) is 0.774. The minimum absolute atomic E-state index is 0.000951. The molecule has 0 aliphatic heterocycles. The average Bonchev–Trinajstić information content (AvgIpc) is 2.59. The molecule has 0 saturated carbocycles. The van der Waals surface area contributed by atoms with Gasteiger partial charge >= 0.3 is 6.18 Å². The molecule has 7 heteroatoms. The zero-order valence-electron chi connectivity index (χ0n) is 14.0. The number of methoxy groups -OCH3 is 1. The van der Waals surface area contributed by atoms with Crippen LogP contribution in [0.4, 0.5) is 13.2 Å². The number of hydrogen-bond donors (Lipinski definition) is 2. The maximum Gasteiger partial charge on any atom is 0.433 e. The number of hydrogen-bond acceptors (Lipinski definition) is 4. The topological polar surface area (TPSA) is 54.4 Å². The highest BCUT2D eigenvalue weighted by atomic mass is 19.4. The predicted octanol–water partition coefficient (Wildman–Crippen LogP) is 3.36. The number of alkyl halides is 3. The lowest BCUT2D eigenvalue weighted by molar-refractivity contribution is -0.141. The Kier molecular flexibility index (Phi) is 6.39. The first-order valence-corrected chi connectivity index (χ1v) is 7.88. The molecule has 4 nitrogen and oxygen atoms in total. The summed E-state index contributed by atoms with van der Waals surface area (Å²) in [7, 11) is 1.60. The molecule has 2 atom stereocenters. The summed E-state index contributed by atoms with van der Waals surface area (Å²) in [6.45, 7) is 2.06. The Hall–Kier alpha value is -2.12. The van der Waals surface area contributed by atoms with Crippen LogP contribution in [0.5, 0.6) is 5.75 Å². The lowest BCUT2D eigenvalue weighted by Gasteiger charge is -2.18. The number of halogens is 3. The maximum absolute atomic E-state index is 12.7. The number of pyridine rings is 1. The Labute approximate surface area is 144 Å². The van der Waals surface area contributed by atoms with Crippen molar-refractivity contribution < 1.29 is 23.0 Å². The molecule has 0 radical (unpaired) electrons. The summed E-state index contributed by atoms with van der Waals surface area (Å²) in [6, 6.07) is 11.2. The fourth-order valence-corrected chi connectivity index (χ4v) is 2.40. The van der Waals surface area contributed by atoms with Crippen LogP contribution in [0, 0.1) is 0 Å². The van der Waals surface area contributed by atoms with Crippen LogP contribution in [0.1, 0.15) is 30.0 Å². The number of ether oxygens (including phenoxy) is 1. The first-order chi connectivity index (χ1) is 11.8. The summed E-state index contributed by atoms with van der Waals surface area (Å²) >= 11 is 0. The van der Waals surface area contributed by atoms with Crippen LogP contribution < -0.4 is 10.1 Å². The van der Waals surface area contributed by atoms with E-state index in [1.165, 1.54) is 12.1 Å². The molecule has 0 aliphatic carbocycles. The first kappa shape index (κ1) is 19.2. The lowest BCUT2D eigenvalue weighted by Crippen LogP contribution is -2.32. The molecule has 2 aromatic rings. The molecule has 2 rings (SSSR count). The molecular formula is C18H21F3N2O2. The molecular weight excluding hydrogens is 333 g/mol. The summed E-state index contributed by atoms with van der Waals surface area (Å²) in [5, 5.41) is 13.2. The van der Waals surface area contributed by atoms with Gasteiger partial charge in [-0.25, -0.2) is 4.98 Å². The van der Waals surface area contributed by atoms with E-state index in [2.05, 4.69) is 10.3 Å². The van der Waals surface area contributed by atoms with E-state index in [0.29, 0.717) is 6.42 Å². The van der Waals surface area contributed by atoms with Crippen LogP contribution in [0.2, 0.25) is 0 Å². The summed E-state index contributed by atoms with van der Waals surface area (Å²) < 4.78 is 43.1. The molecule has 0 saturated heterocycles. The quantitative estimate of drug-likeness (QED) is 0.801. The SMILES string of the molecule is COc1ccc(C[C@@H](C)NC[C@@H](O)c2cccc(C(F)(F)F)n2)cc1. The van der Waals surface area contributed by atoms with E-state index in [4.69, 9.17) is 4.74 Å². The number of nitrogens with zero attached hydrogens (tertiary/aromatic N) is 1. The summed E-state index contributed by atoms with van der Waals surface area (Å²) in [6.07, 6.45) is -4.92. The van der Waals surface area contributed by atoms with Gasteiger partial charge in [0.2, 0.25) is 0 Å². The third kappa shape index (κ3) is 5.72. The van der Waals surface area contributed by atoms with Crippen molar-refractivity contribution in [3.05, 3.63) is 59.4 Å². The van der Waals surface area contributed by atoms with Gasteiger partial charge < -0.3 is 15.2 Å². The molecule has 2 N–H and O–H groups in total. The van der Waals surface area contributed by atoms with Crippen LogP contribution in [0.25, 0.3) is 0 Å². The Morgan fingerprint density at radius 3 is 2.44 bits per heavy atom. The predicted molar refractivity (Wildman–Crippen MR) is 88.4 cm³/mol. The fourth-order valence-electron chi connectivity index (χ4n) is 2.40. The van der Waals surface area contributed by atoms with Crippen molar-refractivity contribution in [2.45, 2.75) is 31.7 Å². The van der Waals surface area contributed by atoms with Gasteiger partial charge in [-0.15, -0.1) is 0 Å². The van der Waals surface area contributed by atoms with Crippen LogP contribution in [-0.4, -0.2) is 29.8 Å². The van der Waals surface area contributed by atoms with Crippen molar-refractivity contribution in [3.8, 4) is 5.75 Å².